The highest BCUT2D eigenvalue weighted by Crippen LogP contribution is 1.98. The lowest BCUT2D eigenvalue weighted by molar-refractivity contribution is 0.209. The molecule has 1 atom stereocenters. The Morgan fingerprint density at radius 1 is 1.90 bits per heavy atom. The Labute approximate surface area is 63.1 Å². The third kappa shape index (κ3) is 3.24. The Morgan fingerprint density at radius 2 is 2.40 bits per heavy atom. The fourth-order valence-corrected chi connectivity index (χ4v) is 0.533. The Kier molecular flexibility index (Phi) is 3.71. The molecule has 0 aromatic heterocycles. The van der Waals surface area contributed by atoms with Crippen molar-refractivity contribution in [3.63, 3.8) is 0 Å². The molecular formula is C4H8ClN3O2. The topological polar surface area (TPSA) is 75.8 Å². The first-order valence-corrected chi connectivity index (χ1v) is 3.06. The predicted molar refractivity (Wildman–Crippen MR) is 37.4 cm³/mol. The minimum absolute atomic E-state index is 0.0421. The molecule has 0 aromatic carbocycles. The normalized spacial score (nSPS) is 12.2. The van der Waals surface area contributed by atoms with Crippen LogP contribution in [-0.2, 0) is 0 Å². The van der Waals surface area contributed by atoms with E-state index in [-0.39, 0.29) is 11.9 Å². The molecule has 10 heavy (non-hydrogen) atoms. The van der Waals surface area contributed by atoms with Crippen LogP contribution in [0.1, 0.15) is 6.92 Å². The van der Waals surface area contributed by atoms with Crippen molar-refractivity contribution in [3.05, 3.63) is 4.91 Å². The number of halogens is 1. The van der Waals surface area contributed by atoms with Gasteiger partial charge in [0.15, 0.2) is 0 Å². The summed E-state index contributed by atoms with van der Waals surface area (Å²) in [5, 5.41) is 2.59. The van der Waals surface area contributed by atoms with Crippen LogP contribution in [-0.4, -0.2) is 23.0 Å². The molecule has 0 aliphatic rings. The van der Waals surface area contributed by atoms with Gasteiger partial charge in [-0.15, -0.1) is 16.5 Å². The number of urea groups is 1. The van der Waals surface area contributed by atoms with Gasteiger partial charge in [0, 0.05) is 0 Å². The monoisotopic (exact) mass is 165 g/mol. The standard InChI is InChI=1S/C4H8ClN3O2/c1-3(5)2-8(7-10)4(6)9/h3H,2H2,1H3,(H2,6,9). The summed E-state index contributed by atoms with van der Waals surface area (Å²) in [6.07, 6.45) is 0. The van der Waals surface area contributed by atoms with Gasteiger partial charge in [0.05, 0.1) is 17.2 Å². The summed E-state index contributed by atoms with van der Waals surface area (Å²) < 4.78 is 0. The molecule has 0 bridgehead atoms. The lowest BCUT2D eigenvalue weighted by atomic mass is 10.5. The van der Waals surface area contributed by atoms with Crippen LogP contribution >= 0.6 is 11.6 Å². The molecule has 0 aromatic rings. The molecule has 0 rings (SSSR count). The van der Waals surface area contributed by atoms with E-state index in [4.69, 9.17) is 17.3 Å². The number of hydrogen-bond donors (Lipinski definition) is 1. The van der Waals surface area contributed by atoms with Crippen molar-refractivity contribution in [2.24, 2.45) is 11.0 Å². The van der Waals surface area contributed by atoms with Gasteiger partial charge in [0.25, 0.3) is 0 Å². The summed E-state index contributed by atoms with van der Waals surface area (Å²) in [5.41, 5.74) is 4.73. The molecule has 0 heterocycles. The number of nitrogens with two attached hydrogens (primary N) is 1. The maximum atomic E-state index is 10.3. The molecule has 0 spiro atoms. The molecule has 0 aliphatic heterocycles. The average molecular weight is 166 g/mol. The van der Waals surface area contributed by atoms with Crippen LogP contribution in [0.3, 0.4) is 0 Å². The first-order valence-electron chi connectivity index (χ1n) is 2.62. The van der Waals surface area contributed by atoms with Crippen LogP contribution in [0.5, 0.6) is 0 Å². The maximum absolute atomic E-state index is 10.3. The van der Waals surface area contributed by atoms with E-state index < -0.39 is 6.03 Å². The van der Waals surface area contributed by atoms with Crippen molar-refractivity contribution in [3.8, 4) is 0 Å². The Balaban J connectivity index is 3.83. The number of nitrogens with zero attached hydrogens (tertiary/aromatic N) is 2. The molecule has 58 valence electrons. The number of rotatable bonds is 3. The highest BCUT2D eigenvalue weighted by molar-refractivity contribution is 6.20. The lowest BCUT2D eigenvalue weighted by Gasteiger charge is -2.10. The average Bonchev–Trinajstić information content (AvgIpc) is 1.81. The molecule has 2 amide bonds. The summed E-state index contributed by atoms with van der Waals surface area (Å²) in [7, 11) is 0. The van der Waals surface area contributed by atoms with Gasteiger partial charge in [-0.3, -0.25) is 0 Å². The van der Waals surface area contributed by atoms with Crippen molar-refractivity contribution in [2.75, 3.05) is 6.54 Å². The number of amides is 2. The lowest BCUT2D eigenvalue weighted by Crippen LogP contribution is -2.34. The molecule has 0 fully saturated rings. The molecule has 5 nitrogen and oxygen atoms in total. The van der Waals surface area contributed by atoms with Crippen molar-refractivity contribution in [2.45, 2.75) is 12.3 Å². The number of carbonyl (C=O) groups is 1. The van der Waals surface area contributed by atoms with Crippen LogP contribution in [0.25, 0.3) is 0 Å². The number of primary amides is 1. The zero-order chi connectivity index (χ0) is 8.15. The van der Waals surface area contributed by atoms with Gasteiger partial charge in [-0.05, 0) is 6.92 Å². The van der Waals surface area contributed by atoms with Crippen LogP contribution in [0, 0.1) is 4.91 Å². The fraction of sp³-hybridized carbons (Fsp3) is 0.750. The second-order valence-electron chi connectivity index (χ2n) is 1.78. The van der Waals surface area contributed by atoms with Gasteiger partial charge in [0.2, 0.25) is 0 Å². The minimum Gasteiger partial charge on any atom is -0.350 e. The summed E-state index contributed by atoms with van der Waals surface area (Å²) in [6, 6.07) is -0.887. The van der Waals surface area contributed by atoms with Crippen molar-refractivity contribution >= 4 is 17.6 Å². The van der Waals surface area contributed by atoms with E-state index in [0.29, 0.717) is 5.01 Å². The first kappa shape index (κ1) is 9.16. The van der Waals surface area contributed by atoms with Crippen LogP contribution in [0.4, 0.5) is 4.79 Å². The van der Waals surface area contributed by atoms with Gasteiger partial charge in [-0.1, -0.05) is 0 Å². The summed E-state index contributed by atoms with van der Waals surface area (Å²) in [6.45, 7) is 1.67. The van der Waals surface area contributed by atoms with Crippen molar-refractivity contribution in [1.82, 2.24) is 5.01 Å². The Morgan fingerprint density at radius 3 is 2.50 bits per heavy atom. The van der Waals surface area contributed by atoms with Crippen LogP contribution in [0.2, 0.25) is 0 Å². The van der Waals surface area contributed by atoms with Crippen molar-refractivity contribution in [1.29, 1.82) is 0 Å². The molecule has 2 N–H and O–H groups in total. The number of hydrogen-bond acceptors (Lipinski definition) is 3. The van der Waals surface area contributed by atoms with E-state index in [2.05, 4.69) is 5.29 Å². The zero-order valence-electron chi connectivity index (χ0n) is 5.45. The third-order valence-electron chi connectivity index (χ3n) is 0.777. The van der Waals surface area contributed by atoms with Crippen LogP contribution in [0.15, 0.2) is 5.29 Å². The molecule has 6 heteroatoms. The van der Waals surface area contributed by atoms with E-state index in [1.165, 1.54) is 0 Å². The van der Waals surface area contributed by atoms with Gasteiger partial charge in [0.1, 0.15) is 0 Å². The maximum Gasteiger partial charge on any atom is 0.337 e. The summed E-state index contributed by atoms with van der Waals surface area (Å²) in [4.78, 5) is 20.1. The van der Waals surface area contributed by atoms with E-state index in [1.54, 1.807) is 6.92 Å². The smallest absolute Gasteiger partial charge is 0.337 e. The van der Waals surface area contributed by atoms with Gasteiger partial charge in [-0.2, -0.15) is 5.01 Å². The molecule has 0 aliphatic carbocycles. The molecule has 0 saturated carbocycles. The molecule has 0 radical (unpaired) electrons. The highest BCUT2D eigenvalue weighted by atomic mass is 35.5. The molecule has 0 saturated heterocycles. The van der Waals surface area contributed by atoms with E-state index in [1.807, 2.05) is 0 Å². The van der Waals surface area contributed by atoms with Crippen LogP contribution < -0.4 is 5.73 Å². The largest absolute Gasteiger partial charge is 0.350 e. The Bertz CT molecular complexity index is 138. The summed E-state index contributed by atoms with van der Waals surface area (Å²) >= 11 is 5.45. The quantitative estimate of drug-likeness (QED) is 0.379. The van der Waals surface area contributed by atoms with E-state index in [9.17, 15) is 9.70 Å². The fourth-order valence-electron chi connectivity index (χ4n) is 0.402. The molecule has 1 unspecified atom stereocenters. The third-order valence-corrected chi connectivity index (χ3v) is 0.915. The number of carbonyl (C=O) groups excluding carboxylic acids is 1. The second-order valence-corrected chi connectivity index (χ2v) is 2.53. The van der Waals surface area contributed by atoms with Gasteiger partial charge >= 0.3 is 6.03 Å². The summed E-state index contributed by atoms with van der Waals surface area (Å²) in [5.74, 6) is 0. The number of nitroso groups, excluding NO2 is 1. The van der Waals surface area contributed by atoms with E-state index in [0.717, 1.165) is 0 Å². The van der Waals surface area contributed by atoms with E-state index >= 15 is 0 Å². The Hall–Kier alpha value is -0.840. The molecular weight excluding hydrogens is 158 g/mol. The van der Waals surface area contributed by atoms with Gasteiger partial charge in [-0.25, -0.2) is 4.79 Å². The van der Waals surface area contributed by atoms with Crippen molar-refractivity contribution < 1.29 is 4.79 Å². The predicted octanol–water partition coefficient (Wildman–Crippen LogP) is 0.676. The van der Waals surface area contributed by atoms with Gasteiger partial charge < -0.3 is 5.73 Å². The SMILES string of the molecule is CC(Cl)CN(N=O)C(N)=O. The highest BCUT2D eigenvalue weighted by Gasteiger charge is 2.11. The zero-order valence-corrected chi connectivity index (χ0v) is 6.21. The second kappa shape index (κ2) is 4.05. The number of alkyl halides is 1. The first-order chi connectivity index (χ1) is 4.57. The minimum atomic E-state index is -0.887.